The monoisotopic (exact) mass is 204 g/mol. The van der Waals surface area contributed by atoms with E-state index in [1.807, 2.05) is 6.92 Å². The minimum atomic E-state index is -0.470. The van der Waals surface area contributed by atoms with E-state index in [4.69, 9.17) is 5.11 Å². The first-order valence-corrected chi connectivity index (χ1v) is 3.86. The molecule has 0 atom stereocenters. The lowest BCUT2D eigenvalue weighted by molar-refractivity contribution is -0.624. The van der Waals surface area contributed by atoms with Crippen LogP contribution in [0.2, 0.25) is 0 Å². The van der Waals surface area contributed by atoms with Gasteiger partial charge in [0.1, 0.15) is 5.69 Å². The fourth-order valence-electron chi connectivity index (χ4n) is 1.31. The summed E-state index contributed by atoms with van der Waals surface area (Å²) in [6.07, 6.45) is 0.757. The van der Waals surface area contributed by atoms with Crippen molar-refractivity contribution in [2.45, 2.75) is 27.2 Å². The number of hydrogen-bond acceptors (Lipinski definition) is 3. The highest BCUT2D eigenvalue weighted by atomic mass is 35.5. The molecule has 0 aliphatic heterocycles. The first-order valence-electron chi connectivity index (χ1n) is 3.86. The zero-order chi connectivity index (χ0) is 9.30. The van der Waals surface area contributed by atoms with Gasteiger partial charge in [0.15, 0.2) is 5.69 Å². The first kappa shape index (κ1) is 12.0. The van der Waals surface area contributed by atoms with E-state index in [1.165, 1.54) is 0 Å². The molecule has 0 aliphatic rings. The zero-order valence-corrected chi connectivity index (χ0v) is 8.68. The summed E-state index contributed by atoms with van der Waals surface area (Å²) < 4.78 is 0.450. The van der Waals surface area contributed by atoms with Crippen LogP contribution in [0.4, 0.5) is 0 Å². The van der Waals surface area contributed by atoms with Crippen molar-refractivity contribution >= 4 is 12.4 Å². The van der Waals surface area contributed by atoms with Gasteiger partial charge in [0.25, 0.3) is 0 Å². The van der Waals surface area contributed by atoms with E-state index in [1.54, 1.807) is 13.8 Å². The van der Waals surface area contributed by atoms with Gasteiger partial charge in [0, 0.05) is 12.5 Å². The van der Waals surface area contributed by atoms with Crippen molar-refractivity contribution in [2.75, 3.05) is 0 Å². The molecule has 4 nitrogen and oxygen atoms in total. The molecule has 1 heterocycles. The van der Waals surface area contributed by atoms with Crippen LogP contribution in [0.1, 0.15) is 23.9 Å². The Labute approximate surface area is 83.2 Å². The van der Waals surface area contributed by atoms with Crippen molar-refractivity contribution in [3.63, 3.8) is 0 Å². The van der Waals surface area contributed by atoms with Crippen molar-refractivity contribution in [2.24, 2.45) is 0 Å². The molecule has 0 unspecified atom stereocenters. The summed E-state index contributed by atoms with van der Waals surface area (Å²) in [5.74, 6) is 0. The first-order chi connectivity index (χ1) is 5.57. The van der Waals surface area contributed by atoms with E-state index in [0.717, 1.165) is 17.7 Å². The molecule has 1 aromatic rings. The van der Waals surface area contributed by atoms with Gasteiger partial charge >= 0.3 is 6.01 Å². The van der Waals surface area contributed by atoms with Crippen LogP contribution in [0, 0.1) is 19.1 Å². The van der Waals surface area contributed by atoms with Crippen molar-refractivity contribution in [1.29, 1.82) is 0 Å². The van der Waals surface area contributed by atoms with Gasteiger partial charge in [-0.25, -0.2) is 0 Å². The summed E-state index contributed by atoms with van der Waals surface area (Å²) in [5.41, 5.74) is 2.16. The number of halogens is 1. The third-order valence-corrected chi connectivity index (χ3v) is 1.98. The predicted octanol–water partition coefficient (Wildman–Crippen LogP) is 1.02. The number of hydrogen-bond donors (Lipinski definition) is 1. The highest BCUT2D eigenvalue weighted by Crippen LogP contribution is 2.10. The molecule has 1 aromatic heterocycles. The highest BCUT2D eigenvalue weighted by Gasteiger charge is 2.15. The van der Waals surface area contributed by atoms with Crippen molar-refractivity contribution in [1.82, 2.24) is 4.98 Å². The number of aryl methyl sites for hydroxylation is 1. The smallest absolute Gasteiger partial charge is 0.499 e. The van der Waals surface area contributed by atoms with Crippen molar-refractivity contribution in [3.8, 4) is 6.01 Å². The van der Waals surface area contributed by atoms with Gasteiger partial charge in [-0.2, -0.15) is 4.73 Å². The Hall–Kier alpha value is -1.03. The van der Waals surface area contributed by atoms with Crippen LogP contribution in [-0.2, 0) is 6.42 Å². The van der Waals surface area contributed by atoms with Crippen LogP contribution >= 0.6 is 12.4 Å². The number of nitrogens with zero attached hydrogens (tertiary/aromatic N) is 2. The van der Waals surface area contributed by atoms with Gasteiger partial charge in [-0.3, -0.25) is 0 Å². The molecule has 0 fully saturated rings. The largest absolute Gasteiger partial charge is 0.708 e. The number of aromatic nitrogens is 2. The molecule has 13 heavy (non-hydrogen) atoms. The number of rotatable bonds is 1. The second-order valence-electron chi connectivity index (χ2n) is 2.71. The third-order valence-electron chi connectivity index (χ3n) is 1.98. The second-order valence-corrected chi connectivity index (χ2v) is 2.71. The maximum Gasteiger partial charge on any atom is 0.499 e. The molecule has 5 heteroatoms. The summed E-state index contributed by atoms with van der Waals surface area (Å²) in [4.78, 5) is 3.71. The topological polar surface area (TPSA) is 60.1 Å². The Bertz CT molecular complexity index is 316. The van der Waals surface area contributed by atoms with Gasteiger partial charge in [0.2, 0.25) is 0 Å². The molecule has 0 saturated carbocycles. The van der Waals surface area contributed by atoms with Crippen LogP contribution in [0.25, 0.3) is 0 Å². The maximum absolute atomic E-state index is 11.1. The minimum Gasteiger partial charge on any atom is -0.708 e. The second kappa shape index (κ2) is 4.28. The minimum absolute atomic E-state index is 0. The van der Waals surface area contributed by atoms with Crippen LogP contribution in [0.3, 0.4) is 0 Å². The lowest BCUT2D eigenvalue weighted by Gasteiger charge is -2.09. The van der Waals surface area contributed by atoms with Gasteiger partial charge in [-0.05, 0) is 18.3 Å². The van der Waals surface area contributed by atoms with Crippen molar-refractivity contribution in [3.05, 3.63) is 22.2 Å². The van der Waals surface area contributed by atoms with E-state index in [2.05, 4.69) is 4.98 Å². The van der Waals surface area contributed by atoms with E-state index >= 15 is 0 Å². The molecule has 0 saturated heterocycles. The number of aromatic hydroxyl groups is 1. The van der Waals surface area contributed by atoms with Gasteiger partial charge in [0.05, 0.1) is 0 Å². The van der Waals surface area contributed by atoms with Crippen LogP contribution in [0.15, 0.2) is 0 Å². The predicted molar refractivity (Wildman–Crippen MR) is 51.0 cm³/mol. The SMILES string of the molecule is CCc1c(C)nc(O)[n+]([O-])c1C.Cl. The molecule has 1 rings (SSSR count). The molecular formula is C8H13ClN2O2. The summed E-state index contributed by atoms with van der Waals surface area (Å²) in [6.45, 7) is 5.42. The molecule has 0 radical (unpaired) electrons. The Morgan fingerprint density at radius 2 is 2.00 bits per heavy atom. The lowest BCUT2D eigenvalue weighted by atomic mass is 10.1. The standard InChI is InChI=1S/C8H12N2O2.ClH/c1-4-7-5(2)9-8(11)10(12)6(7)3;/h4H2,1-3H3,(H,9,11);1H. The van der Waals surface area contributed by atoms with E-state index in [0.29, 0.717) is 10.4 Å². The summed E-state index contributed by atoms with van der Waals surface area (Å²) >= 11 is 0. The average Bonchev–Trinajstić information content (AvgIpc) is 2.01. The summed E-state index contributed by atoms with van der Waals surface area (Å²) in [6, 6.07) is -0.470. The average molecular weight is 205 g/mol. The molecule has 1 N–H and O–H groups in total. The Morgan fingerprint density at radius 3 is 2.46 bits per heavy atom. The molecular weight excluding hydrogens is 192 g/mol. The molecule has 0 bridgehead atoms. The molecule has 0 spiro atoms. The fourth-order valence-corrected chi connectivity index (χ4v) is 1.31. The quantitative estimate of drug-likeness (QED) is 0.549. The Balaban J connectivity index is 0.00000144. The van der Waals surface area contributed by atoms with Gasteiger partial charge in [-0.1, -0.05) is 6.92 Å². The van der Waals surface area contributed by atoms with Crippen molar-refractivity contribution < 1.29 is 9.84 Å². The maximum atomic E-state index is 11.1. The third kappa shape index (κ3) is 2.01. The zero-order valence-electron chi connectivity index (χ0n) is 7.87. The van der Waals surface area contributed by atoms with Crippen LogP contribution < -0.4 is 4.73 Å². The molecule has 74 valence electrons. The van der Waals surface area contributed by atoms with E-state index < -0.39 is 6.01 Å². The lowest BCUT2D eigenvalue weighted by Crippen LogP contribution is -2.33. The van der Waals surface area contributed by atoms with Crippen LogP contribution in [0.5, 0.6) is 6.01 Å². The highest BCUT2D eigenvalue weighted by molar-refractivity contribution is 5.85. The van der Waals surface area contributed by atoms with Gasteiger partial charge in [-0.15, -0.1) is 12.4 Å². The molecule has 0 aliphatic carbocycles. The normalized spacial score (nSPS) is 9.46. The summed E-state index contributed by atoms with van der Waals surface area (Å²) in [5, 5.41) is 20.1. The Kier molecular flexibility index (Phi) is 3.94. The summed E-state index contributed by atoms with van der Waals surface area (Å²) in [7, 11) is 0. The molecule has 0 amide bonds. The van der Waals surface area contributed by atoms with Gasteiger partial charge < -0.3 is 10.3 Å². The van der Waals surface area contributed by atoms with E-state index in [-0.39, 0.29) is 12.4 Å². The Morgan fingerprint density at radius 1 is 1.46 bits per heavy atom. The fraction of sp³-hybridized carbons (Fsp3) is 0.500. The van der Waals surface area contributed by atoms with Crippen LogP contribution in [-0.4, -0.2) is 10.1 Å². The van der Waals surface area contributed by atoms with E-state index in [9.17, 15) is 5.21 Å². The molecule has 0 aromatic carbocycles.